The number of thioether (sulfide) groups is 1. The number of anilines is 2. The molecule has 0 fully saturated rings. The second-order valence-corrected chi connectivity index (χ2v) is 7.68. The highest BCUT2D eigenvalue weighted by Gasteiger charge is 2.48. The van der Waals surface area contributed by atoms with Crippen LogP contribution >= 0.6 is 27.7 Å². The molecule has 0 bridgehead atoms. The van der Waals surface area contributed by atoms with Crippen LogP contribution in [0.4, 0.5) is 24.5 Å². The van der Waals surface area contributed by atoms with Gasteiger partial charge in [-0.25, -0.2) is 0 Å². The van der Waals surface area contributed by atoms with Gasteiger partial charge in [0.15, 0.2) is 0 Å². The normalized spacial score (nSPS) is 17.1. The number of nitrogens with one attached hydrogen (secondary N) is 1. The Morgan fingerprint density at radius 2 is 1.85 bits per heavy atom. The van der Waals surface area contributed by atoms with Crippen LogP contribution in [-0.4, -0.2) is 29.8 Å². The van der Waals surface area contributed by atoms with Gasteiger partial charge in [-0.15, -0.1) is 11.8 Å². The minimum Gasteiger partial charge on any atom is -0.324 e. The van der Waals surface area contributed by atoms with E-state index >= 15 is 0 Å². The van der Waals surface area contributed by atoms with Gasteiger partial charge >= 0.3 is 6.18 Å². The summed E-state index contributed by atoms with van der Waals surface area (Å²) in [4.78, 5) is 26.2. The van der Waals surface area contributed by atoms with E-state index in [1.165, 1.54) is 18.2 Å². The number of carbonyl (C=O) groups excluding carboxylic acids is 2. The van der Waals surface area contributed by atoms with Gasteiger partial charge in [0, 0.05) is 9.37 Å². The largest absolute Gasteiger partial charge is 0.409 e. The summed E-state index contributed by atoms with van der Waals surface area (Å²) in [7, 11) is 0. The molecule has 2 aromatic carbocycles. The van der Waals surface area contributed by atoms with Gasteiger partial charge in [-0.05, 0) is 40.2 Å². The van der Waals surface area contributed by atoms with Crippen molar-refractivity contribution < 1.29 is 22.8 Å². The van der Waals surface area contributed by atoms with Crippen LogP contribution in [0.2, 0.25) is 0 Å². The Balaban J connectivity index is 1.94. The maximum Gasteiger partial charge on any atom is 0.409 e. The number of para-hydroxylation sites is 2. The van der Waals surface area contributed by atoms with Crippen LogP contribution in [-0.2, 0) is 9.59 Å². The van der Waals surface area contributed by atoms with Gasteiger partial charge in [-0.1, -0.05) is 24.3 Å². The minimum atomic E-state index is -4.73. The number of alkyl halides is 3. The Hall–Kier alpha value is -2.00. The van der Waals surface area contributed by atoms with Crippen LogP contribution in [0, 0.1) is 0 Å². The Labute approximate surface area is 166 Å². The van der Waals surface area contributed by atoms with Crippen molar-refractivity contribution in [3.8, 4) is 0 Å². The number of benzene rings is 2. The van der Waals surface area contributed by atoms with E-state index in [0.717, 1.165) is 21.1 Å². The van der Waals surface area contributed by atoms with Crippen molar-refractivity contribution in [1.82, 2.24) is 0 Å². The van der Waals surface area contributed by atoms with E-state index in [2.05, 4.69) is 21.2 Å². The number of hydrogen-bond acceptors (Lipinski definition) is 3. The molecular weight excluding hydrogens is 445 g/mol. The Morgan fingerprint density at radius 3 is 2.56 bits per heavy atom. The molecule has 0 saturated heterocycles. The summed E-state index contributed by atoms with van der Waals surface area (Å²) in [5.41, 5.74) is 0.233. The average Bonchev–Trinajstić information content (AvgIpc) is 2.76. The van der Waals surface area contributed by atoms with Gasteiger partial charge in [-0.3, -0.25) is 14.5 Å². The molecule has 142 valence electrons. The van der Waals surface area contributed by atoms with Crippen molar-refractivity contribution in [2.45, 2.75) is 23.5 Å². The van der Waals surface area contributed by atoms with Crippen molar-refractivity contribution in [2.75, 3.05) is 16.0 Å². The van der Waals surface area contributed by atoms with Crippen molar-refractivity contribution in [2.24, 2.45) is 0 Å². The summed E-state index contributed by atoms with van der Waals surface area (Å²) in [6.07, 6.45) is -5.58. The maximum absolute atomic E-state index is 13.6. The first-order valence-corrected chi connectivity index (χ1v) is 9.70. The summed E-state index contributed by atoms with van der Waals surface area (Å²) >= 11 is 4.48. The molecule has 0 unspecified atom stereocenters. The molecule has 3 rings (SSSR count). The average molecular weight is 459 g/mol. The van der Waals surface area contributed by atoms with E-state index in [-0.39, 0.29) is 17.1 Å². The lowest BCUT2D eigenvalue weighted by atomic mass is 10.1. The lowest BCUT2D eigenvalue weighted by Gasteiger charge is -2.31. The molecule has 2 aromatic rings. The third-order valence-electron chi connectivity index (χ3n) is 3.96. The zero-order valence-electron chi connectivity index (χ0n) is 13.8. The maximum atomic E-state index is 13.6. The Kier molecular flexibility index (Phi) is 5.81. The SMILES string of the molecule is O=C1C[C@@H](C(F)(F)F)N(C(=O)CSc2ccccc2Br)c2ccccc2N1. The molecule has 0 aliphatic carbocycles. The highest BCUT2D eigenvalue weighted by Crippen LogP contribution is 2.38. The molecule has 0 radical (unpaired) electrons. The molecule has 0 spiro atoms. The van der Waals surface area contributed by atoms with Crippen LogP contribution in [0.5, 0.6) is 0 Å². The first-order valence-electron chi connectivity index (χ1n) is 7.92. The Bertz CT molecular complexity index is 876. The zero-order valence-corrected chi connectivity index (χ0v) is 16.2. The van der Waals surface area contributed by atoms with Gasteiger partial charge in [0.05, 0.1) is 23.5 Å². The molecule has 4 nitrogen and oxygen atoms in total. The quantitative estimate of drug-likeness (QED) is 0.668. The van der Waals surface area contributed by atoms with Gasteiger partial charge in [-0.2, -0.15) is 13.2 Å². The first kappa shape index (κ1) is 19.8. The number of rotatable bonds is 3. The predicted molar refractivity (Wildman–Crippen MR) is 102 cm³/mol. The van der Waals surface area contributed by atoms with Gasteiger partial charge in [0.1, 0.15) is 6.04 Å². The lowest BCUT2D eigenvalue weighted by Crippen LogP contribution is -2.50. The number of carbonyl (C=O) groups is 2. The molecule has 1 aliphatic rings. The number of halogens is 4. The second-order valence-electron chi connectivity index (χ2n) is 5.81. The molecule has 9 heteroatoms. The topological polar surface area (TPSA) is 49.4 Å². The fraction of sp³-hybridized carbons (Fsp3) is 0.222. The van der Waals surface area contributed by atoms with Crippen molar-refractivity contribution >= 4 is 50.9 Å². The molecule has 1 atom stereocenters. The van der Waals surface area contributed by atoms with E-state index in [0.29, 0.717) is 4.90 Å². The monoisotopic (exact) mass is 458 g/mol. The Morgan fingerprint density at radius 1 is 1.19 bits per heavy atom. The highest BCUT2D eigenvalue weighted by molar-refractivity contribution is 9.10. The predicted octanol–water partition coefficient (Wildman–Crippen LogP) is 4.85. The third-order valence-corrected chi connectivity index (χ3v) is 5.97. The third kappa shape index (κ3) is 4.47. The van der Waals surface area contributed by atoms with Crippen molar-refractivity contribution in [1.29, 1.82) is 0 Å². The van der Waals surface area contributed by atoms with Crippen LogP contribution in [0.25, 0.3) is 0 Å². The fourth-order valence-electron chi connectivity index (χ4n) is 2.77. The zero-order chi connectivity index (χ0) is 19.6. The van der Waals surface area contributed by atoms with Gasteiger partial charge in [0.2, 0.25) is 11.8 Å². The molecule has 0 saturated carbocycles. The molecule has 1 heterocycles. The van der Waals surface area contributed by atoms with Gasteiger partial charge < -0.3 is 5.32 Å². The molecule has 27 heavy (non-hydrogen) atoms. The number of hydrogen-bond donors (Lipinski definition) is 1. The highest BCUT2D eigenvalue weighted by atomic mass is 79.9. The van der Waals surface area contributed by atoms with Crippen molar-refractivity contribution in [3.05, 3.63) is 53.0 Å². The fourth-order valence-corrected chi connectivity index (χ4v) is 4.19. The number of nitrogens with zero attached hydrogens (tertiary/aromatic N) is 1. The molecular formula is C18H14BrF3N2O2S. The summed E-state index contributed by atoms with van der Waals surface area (Å²) < 4.78 is 41.7. The van der Waals surface area contributed by atoms with E-state index in [9.17, 15) is 22.8 Å². The molecule has 0 aromatic heterocycles. The number of fused-ring (bicyclic) bond motifs is 1. The first-order chi connectivity index (χ1) is 12.8. The van der Waals surface area contributed by atoms with Crippen LogP contribution < -0.4 is 10.2 Å². The van der Waals surface area contributed by atoms with Gasteiger partial charge in [0.25, 0.3) is 0 Å². The molecule has 1 aliphatic heterocycles. The second kappa shape index (κ2) is 7.93. The summed E-state index contributed by atoms with van der Waals surface area (Å²) in [6, 6.07) is 10.9. The van der Waals surface area contributed by atoms with E-state index in [1.54, 1.807) is 30.3 Å². The van der Waals surface area contributed by atoms with E-state index < -0.39 is 30.5 Å². The summed E-state index contributed by atoms with van der Waals surface area (Å²) in [5.74, 6) is -1.70. The summed E-state index contributed by atoms with van der Waals surface area (Å²) in [6.45, 7) is 0. The lowest BCUT2D eigenvalue weighted by molar-refractivity contribution is -0.157. The van der Waals surface area contributed by atoms with E-state index in [1.807, 2.05) is 0 Å². The smallest absolute Gasteiger partial charge is 0.324 e. The van der Waals surface area contributed by atoms with Crippen LogP contribution in [0.1, 0.15) is 6.42 Å². The van der Waals surface area contributed by atoms with E-state index in [4.69, 9.17) is 0 Å². The number of amides is 2. The van der Waals surface area contributed by atoms with Crippen LogP contribution in [0.3, 0.4) is 0 Å². The minimum absolute atomic E-state index is 0.0448. The summed E-state index contributed by atoms with van der Waals surface area (Å²) in [5, 5.41) is 2.45. The van der Waals surface area contributed by atoms with Crippen LogP contribution in [0.15, 0.2) is 57.9 Å². The van der Waals surface area contributed by atoms with Crippen molar-refractivity contribution in [3.63, 3.8) is 0 Å². The standard InChI is InChI=1S/C18H14BrF3N2O2S/c19-11-5-1-4-8-14(11)27-10-17(26)24-13-7-3-2-6-12(13)23-16(25)9-15(24)18(20,21)22/h1-8,15H,9-10H2,(H,23,25)/t15-/m0/s1. The molecule has 1 N–H and O–H groups in total. The molecule has 2 amide bonds.